The molecule has 0 aliphatic rings. The van der Waals surface area contributed by atoms with E-state index in [0.29, 0.717) is 12.2 Å². The first kappa shape index (κ1) is 14.4. The van der Waals surface area contributed by atoms with Gasteiger partial charge in [0.05, 0.1) is 11.4 Å². The van der Waals surface area contributed by atoms with Crippen LogP contribution >= 0.6 is 0 Å². The summed E-state index contributed by atoms with van der Waals surface area (Å²) in [5.41, 5.74) is 3.25. The third-order valence-electron chi connectivity index (χ3n) is 2.72. The van der Waals surface area contributed by atoms with E-state index in [-0.39, 0.29) is 0 Å². The Balaban J connectivity index is 2.07. The van der Waals surface area contributed by atoms with E-state index in [1.165, 1.54) is 0 Å². The highest BCUT2D eigenvalue weighted by molar-refractivity contribution is 7.90. The minimum atomic E-state index is -3.76. The molecule has 1 heterocycles. The number of aromatic nitrogens is 2. The van der Waals surface area contributed by atoms with Gasteiger partial charge in [-0.25, -0.2) is 5.14 Å². The van der Waals surface area contributed by atoms with Crippen molar-refractivity contribution in [3.05, 3.63) is 41.7 Å². The van der Waals surface area contributed by atoms with Crippen LogP contribution in [0.25, 0.3) is 0 Å². The summed E-state index contributed by atoms with van der Waals surface area (Å²) >= 11 is 0. The monoisotopic (exact) mass is 295 g/mol. The number of nitrogens with zero attached hydrogens (tertiary/aromatic N) is 2. The molecule has 20 heavy (non-hydrogen) atoms. The van der Waals surface area contributed by atoms with E-state index in [1.54, 1.807) is 22.9 Å². The number of benzene rings is 1. The Morgan fingerprint density at radius 1 is 1.35 bits per heavy atom. The van der Waals surface area contributed by atoms with Crippen LogP contribution in [0.5, 0.6) is 0 Å². The van der Waals surface area contributed by atoms with Gasteiger partial charge in [0.15, 0.2) is 0 Å². The summed E-state index contributed by atoms with van der Waals surface area (Å²) in [6.45, 7) is 2.55. The van der Waals surface area contributed by atoms with Gasteiger partial charge in [-0.05, 0) is 25.1 Å². The van der Waals surface area contributed by atoms with E-state index in [1.807, 2.05) is 26.2 Å². The first-order valence-electron chi connectivity index (χ1n) is 5.97. The molecule has 0 aliphatic heterocycles. The SMILES string of the molecule is Cc1nn(C)cc1CNc1cccc(NS(N)(=O)=O)c1. The fourth-order valence-electron chi connectivity index (χ4n) is 1.88. The maximum Gasteiger partial charge on any atom is 0.296 e. The maximum atomic E-state index is 11.0. The van der Waals surface area contributed by atoms with Crippen molar-refractivity contribution in [3.8, 4) is 0 Å². The number of nitrogens with two attached hydrogens (primary N) is 1. The molecular formula is C12H17N5O2S. The molecular weight excluding hydrogens is 278 g/mol. The van der Waals surface area contributed by atoms with Gasteiger partial charge in [0, 0.05) is 31.0 Å². The average Bonchev–Trinajstić information content (AvgIpc) is 2.63. The molecule has 4 N–H and O–H groups in total. The summed E-state index contributed by atoms with van der Waals surface area (Å²) in [4.78, 5) is 0. The lowest BCUT2D eigenvalue weighted by atomic mass is 10.2. The van der Waals surface area contributed by atoms with Gasteiger partial charge >= 0.3 is 0 Å². The van der Waals surface area contributed by atoms with E-state index in [9.17, 15) is 8.42 Å². The van der Waals surface area contributed by atoms with Gasteiger partial charge in [0.2, 0.25) is 0 Å². The first-order chi connectivity index (χ1) is 9.33. The molecule has 1 aromatic carbocycles. The van der Waals surface area contributed by atoms with Crippen LogP contribution in [0.4, 0.5) is 11.4 Å². The number of hydrogen-bond donors (Lipinski definition) is 3. The Labute approximate surface area is 118 Å². The van der Waals surface area contributed by atoms with E-state index in [2.05, 4.69) is 15.1 Å². The van der Waals surface area contributed by atoms with Crippen LogP contribution in [0.1, 0.15) is 11.3 Å². The van der Waals surface area contributed by atoms with E-state index in [0.717, 1.165) is 16.9 Å². The summed E-state index contributed by atoms with van der Waals surface area (Å²) < 4.78 is 25.9. The molecule has 0 unspecified atom stereocenters. The predicted octanol–water partition coefficient (Wildman–Crippen LogP) is 0.956. The summed E-state index contributed by atoms with van der Waals surface area (Å²) in [6.07, 6.45) is 1.94. The highest BCUT2D eigenvalue weighted by atomic mass is 32.2. The molecule has 0 aliphatic carbocycles. The Bertz CT molecular complexity index is 708. The van der Waals surface area contributed by atoms with Gasteiger partial charge in [0.1, 0.15) is 0 Å². The maximum absolute atomic E-state index is 11.0. The van der Waals surface area contributed by atoms with Gasteiger partial charge in [-0.15, -0.1) is 0 Å². The molecule has 0 radical (unpaired) electrons. The van der Waals surface area contributed by atoms with Crippen molar-refractivity contribution >= 4 is 21.6 Å². The van der Waals surface area contributed by atoms with Crippen LogP contribution in [-0.4, -0.2) is 18.2 Å². The Hall–Kier alpha value is -2.06. The Morgan fingerprint density at radius 3 is 2.65 bits per heavy atom. The smallest absolute Gasteiger partial charge is 0.296 e. The van der Waals surface area contributed by atoms with Gasteiger partial charge in [-0.2, -0.15) is 13.5 Å². The molecule has 0 saturated heterocycles. The van der Waals surface area contributed by atoms with Crippen LogP contribution in [0.3, 0.4) is 0 Å². The van der Waals surface area contributed by atoms with E-state index < -0.39 is 10.2 Å². The third kappa shape index (κ3) is 3.97. The fourth-order valence-corrected chi connectivity index (χ4v) is 2.33. The average molecular weight is 295 g/mol. The normalized spacial score (nSPS) is 11.3. The Kier molecular flexibility index (Phi) is 3.96. The van der Waals surface area contributed by atoms with Crippen LogP contribution in [0.2, 0.25) is 0 Å². The lowest BCUT2D eigenvalue weighted by Gasteiger charge is -2.08. The third-order valence-corrected chi connectivity index (χ3v) is 3.24. The fraction of sp³-hybridized carbons (Fsp3) is 0.250. The molecule has 0 saturated carbocycles. The van der Waals surface area contributed by atoms with Crippen LogP contribution in [0, 0.1) is 6.92 Å². The molecule has 2 rings (SSSR count). The van der Waals surface area contributed by atoms with Crippen LogP contribution in [0.15, 0.2) is 30.5 Å². The number of nitrogens with one attached hydrogen (secondary N) is 2. The predicted molar refractivity (Wildman–Crippen MR) is 78.4 cm³/mol. The summed E-state index contributed by atoms with van der Waals surface area (Å²) in [5, 5.41) is 12.4. The van der Waals surface area contributed by atoms with Crippen molar-refractivity contribution in [2.75, 3.05) is 10.0 Å². The second-order valence-corrected chi connectivity index (χ2v) is 5.79. The van der Waals surface area contributed by atoms with Crippen molar-refractivity contribution < 1.29 is 8.42 Å². The van der Waals surface area contributed by atoms with Gasteiger partial charge in [-0.1, -0.05) is 6.07 Å². The van der Waals surface area contributed by atoms with Crippen molar-refractivity contribution in [1.82, 2.24) is 9.78 Å². The lowest BCUT2D eigenvalue weighted by Crippen LogP contribution is -2.21. The highest BCUT2D eigenvalue weighted by Gasteiger charge is 2.05. The zero-order chi connectivity index (χ0) is 14.8. The van der Waals surface area contributed by atoms with E-state index >= 15 is 0 Å². The number of hydrogen-bond acceptors (Lipinski definition) is 4. The molecule has 108 valence electrons. The van der Waals surface area contributed by atoms with Crippen molar-refractivity contribution in [1.29, 1.82) is 0 Å². The zero-order valence-corrected chi connectivity index (χ0v) is 12.1. The minimum Gasteiger partial charge on any atom is -0.381 e. The summed E-state index contributed by atoms with van der Waals surface area (Å²) in [7, 11) is -1.89. The van der Waals surface area contributed by atoms with Gasteiger partial charge in [-0.3, -0.25) is 9.40 Å². The summed E-state index contributed by atoms with van der Waals surface area (Å²) in [6, 6.07) is 6.90. The van der Waals surface area contributed by atoms with Crippen molar-refractivity contribution in [2.45, 2.75) is 13.5 Å². The number of anilines is 2. The molecule has 1 aromatic heterocycles. The molecule has 0 amide bonds. The quantitative estimate of drug-likeness (QED) is 0.764. The summed E-state index contributed by atoms with van der Waals surface area (Å²) in [5.74, 6) is 0. The van der Waals surface area contributed by atoms with Gasteiger partial charge < -0.3 is 5.32 Å². The highest BCUT2D eigenvalue weighted by Crippen LogP contribution is 2.17. The zero-order valence-electron chi connectivity index (χ0n) is 11.3. The van der Waals surface area contributed by atoms with Crippen LogP contribution < -0.4 is 15.2 Å². The molecule has 7 nitrogen and oxygen atoms in total. The molecule has 0 spiro atoms. The molecule has 2 aromatic rings. The standard InChI is InChI=1S/C12H17N5O2S/c1-9-10(8-17(2)15-9)7-14-11-4-3-5-12(6-11)16-20(13,18)19/h3-6,8,14,16H,7H2,1-2H3,(H2,13,18,19). The Morgan fingerprint density at radius 2 is 2.05 bits per heavy atom. The van der Waals surface area contributed by atoms with Crippen molar-refractivity contribution in [2.24, 2.45) is 12.2 Å². The first-order valence-corrected chi connectivity index (χ1v) is 7.52. The molecule has 0 atom stereocenters. The largest absolute Gasteiger partial charge is 0.381 e. The molecule has 0 fully saturated rings. The number of aryl methyl sites for hydroxylation is 2. The van der Waals surface area contributed by atoms with E-state index in [4.69, 9.17) is 5.14 Å². The minimum absolute atomic E-state index is 0.417. The van der Waals surface area contributed by atoms with Crippen LogP contribution in [-0.2, 0) is 23.8 Å². The lowest BCUT2D eigenvalue weighted by molar-refractivity contribution is 0.603. The molecule has 0 bridgehead atoms. The second-order valence-electron chi connectivity index (χ2n) is 4.49. The number of rotatable bonds is 5. The second kappa shape index (κ2) is 5.51. The van der Waals surface area contributed by atoms with Crippen molar-refractivity contribution in [3.63, 3.8) is 0 Å². The van der Waals surface area contributed by atoms with Gasteiger partial charge in [0.25, 0.3) is 10.2 Å². The topological polar surface area (TPSA) is 102 Å². The molecule has 8 heteroatoms.